The monoisotopic (exact) mass is 2030 g/mol. The number of nitrogens with one attached hydrogen (secondary N) is 5. The lowest BCUT2D eigenvalue weighted by Gasteiger charge is -2.48. The molecule has 6 rings (SSSR count). The summed E-state index contributed by atoms with van der Waals surface area (Å²) < 4.78 is 505. The van der Waals surface area contributed by atoms with Crippen molar-refractivity contribution in [3.8, 4) is 0 Å². The number of carbonyl (C=O) groups excluding carboxylic acids is 6. The van der Waals surface area contributed by atoms with Crippen molar-refractivity contribution in [1.29, 1.82) is 0 Å². The van der Waals surface area contributed by atoms with Crippen LogP contribution in [0.4, 0.5) is 4.79 Å². The van der Waals surface area contributed by atoms with Gasteiger partial charge in [-0.1, -0.05) is 60.7 Å². The van der Waals surface area contributed by atoms with Gasteiger partial charge in [0.05, 0.1) is 57.7 Å². The Balaban J connectivity index is 1.73. The average molecular weight is 2030 g/mol. The number of amides is 5. The molecule has 0 aromatic heterocycles. The fourth-order valence-electron chi connectivity index (χ4n) is 11.6. The zero-order valence-electron chi connectivity index (χ0n) is 59.5. The van der Waals surface area contributed by atoms with Gasteiger partial charge in [0.2, 0.25) is 0 Å². The van der Waals surface area contributed by atoms with Crippen LogP contribution >= 0.6 is 0 Å². The summed E-state index contributed by atoms with van der Waals surface area (Å²) in [7, 11) is -76.3. The Morgan fingerprint density at radius 3 is 0.780 bits per heavy atom. The van der Waals surface area contributed by atoms with Gasteiger partial charge in [0.15, 0.2) is 24.4 Å². The third-order valence-corrected chi connectivity index (χ3v) is 21.2. The first-order valence-electron chi connectivity index (χ1n) is 31.5. The molecule has 21 atom stereocenters. The largest absolute Gasteiger partial charge is 0.467 e. The molecule has 65 nitrogen and oxygen atoms in total. The third kappa shape index (κ3) is 35.5. The maximum absolute atomic E-state index is 15.8. The molecule has 0 aliphatic carbocycles. The maximum Gasteiger partial charge on any atom is 0.407 e. The van der Waals surface area contributed by atoms with E-state index in [2.05, 4.69) is 50.2 Å². The summed E-state index contributed by atoms with van der Waals surface area (Å²) in [5.74, 6) is -11.8. The van der Waals surface area contributed by atoms with Gasteiger partial charge in [-0.2, -0.15) is 101 Å². The van der Waals surface area contributed by atoms with E-state index >= 15 is 14.4 Å². The molecule has 17 N–H and O–H groups in total. The Morgan fingerprint density at radius 1 is 0.317 bits per heavy atom. The van der Waals surface area contributed by atoms with E-state index in [1.165, 1.54) is 76.6 Å². The second-order valence-electron chi connectivity index (χ2n) is 24.2. The van der Waals surface area contributed by atoms with Gasteiger partial charge in [-0.05, 0) is 11.1 Å². The van der Waals surface area contributed by atoms with Crippen molar-refractivity contribution in [2.45, 2.75) is 141 Å². The summed E-state index contributed by atoms with van der Waals surface area (Å²) in [4.78, 5) is 89.1. The van der Waals surface area contributed by atoms with Crippen LogP contribution in [0.25, 0.3) is 0 Å². The number of carbonyl (C=O) groups is 6. The molecule has 2 aromatic rings. The van der Waals surface area contributed by atoms with Crippen LogP contribution in [-0.2, 0) is 240 Å². The molecule has 704 valence electrons. The number of hydrogen-bond acceptors (Lipinski definition) is 48. The molecule has 4 heterocycles. The predicted molar refractivity (Wildman–Crippen MR) is 369 cm³/mol. The summed E-state index contributed by atoms with van der Waals surface area (Å²) in [6.07, 6.45) is -59.3. The summed E-state index contributed by atoms with van der Waals surface area (Å²) >= 11 is 0. The molecular formula is C46H63N5O60S12. The minimum atomic E-state index is -6.81. The lowest BCUT2D eigenvalue weighted by Crippen LogP contribution is -2.75. The van der Waals surface area contributed by atoms with Crippen molar-refractivity contribution < 1.29 is 263 Å². The zero-order valence-corrected chi connectivity index (χ0v) is 69.3. The fourth-order valence-corrected chi connectivity index (χ4v) is 16.9. The molecule has 1 unspecified atom stereocenters. The quantitative estimate of drug-likeness (QED) is 0.0217. The van der Waals surface area contributed by atoms with Crippen LogP contribution < -0.4 is 26.6 Å². The van der Waals surface area contributed by atoms with Gasteiger partial charge in [-0.3, -0.25) is 73.8 Å². The van der Waals surface area contributed by atoms with Crippen LogP contribution in [0, 0.1) is 0 Å². The highest BCUT2D eigenvalue weighted by molar-refractivity contribution is 7.83. The number of rotatable bonds is 42. The minimum absolute atomic E-state index is 0.00636. The van der Waals surface area contributed by atoms with Crippen molar-refractivity contribution >= 4 is 160 Å². The number of alkyl carbamates (subject to hydrolysis) is 1. The summed E-state index contributed by atoms with van der Waals surface area (Å²) in [5, 5.41) is 7.61. The van der Waals surface area contributed by atoms with E-state index in [0.29, 0.717) is 7.11 Å². The van der Waals surface area contributed by atoms with E-state index in [4.69, 9.17) is 28.4 Å². The molecule has 0 saturated carbocycles. The Hall–Kier alpha value is -6.66. The average Bonchev–Trinajstić information content (AvgIpc) is 0.750. The smallest absolute Gasteiger partial charge is 0.407 e. The second-order valence-corrected chi connectivity index (χ2v) is 37.0. The highest BCUT2D eigenvalue weighted by Gasteiger charge is 2.62. The van der Waals surface area contributed by atoms with E-state index in [1.807, 2.05) is 5.32 Å². The molecule has 4 aliphatic heterocycles. The molecule has 123 heavy (non-hydrogen) atoms. The highest BCUT2D eigenvalue weighted by atomic mass is 32.3. The summed E-state index contributed by atoms with van der Waals surface area (Å²) in [5.41, 5.74) is 0.0458. The zero-order chi connectivity index (χ0) is 93.3. The molecule has 4 fully saturated rings. The van der Waals surface area contributed by atoms with E-state index in [1.54, 1.807) is 5.32 Å². The molecule has 5 amide bonds. The van der Waals surface area contributed by atoms with Crippen LogP contribution in [0.2, 0.25) is 0 Å². The van der Waals surface area contributed by atoms with Crippen LogP contribution in [0.1, 0.15) is 11.1 Å². The van der Waals surface area contributed by atoms with Gasteiger partial charge < -0.3 is 55.0 Å². The minimum Gasteiger partial charge on any atom is -0.467 e. The third-order valence-electron chi connectivity index (χ3n) is 15.7. The van der Waals surface area contributed by atoms with Gasteiger partial charge in [0.1, 0.15) is 85.9 Å². The molecule has 2 aromatic carbocycles. The van der Waals surface area contributed by atoms with Crippen molar-refractivity contribution in [2.24, 2.45) is 0 Å². The van der Waals surface area contributed by atoms with Gasteiger partial charge in [-0.15, -0.1) is 0 Å². The van der Waals surface area contributed by atoms with Crippen molar-refractivity contribution in [1.82, 2.24) is 26.6 Å². The SMILES string of the molecule is COC(=O)C(Cc1ccccc1)NC(=O)[C@@H]1O[C@H](COS(=O)(=O)O)[C@@H](OS(=O)(=O)O)[C@H](OS(=O)(=O)O)[C@H]1NC(=O)[C@@H]1O[C@H](COS(=O)(=O)O)[C@@H](OS(=O)(=O)O)[C@H](OS(=O)(=O)O)[C@H]1NC(=O)[C@@H]1O[C@H](COS(=O)(=O)O)[C@@H](OS(=O)(=O)O)[C@H](OS(=O)(=O)O)[C@H]1NC(=O)[C@@H]1O[C@H](COS(=O)(=O)O)[C@@H](OS(=O)(=O)O)[C@H](OS(=O)(=O)O)[C@H]1NC(=O)OCc1ccccc1. The fraction of sp³-hybridized carbons (Fsp3) is 0.609. The predicted octanol–water partition coefficient (Wildman–Crippen LogP) is -11.5. The summed E-state index contributed by atoms with van der Waals surface area (Å²) in [6.45, 7) is -9.85. The van der Waals surface area contributed by atoms with Crippen LogP contribution in [-0.4, -0.2) is 353 Å². The molecule has 0 radical (unpaired) electrons. The molecule has 0 spiro atoms. The lowest BCUT2D eigenvalue weighted by molar-refractivity contribution is -0.203. The Morgan fingerprint density at radius 2 is 0.545 bits per heavy atom. The topological polar surface area (TPSA) is 981 Å². The van der Waals surface area contributed by atoms with E-state index in [9.17, 15) is 170 Å². The van der Waals surface area contributed by atoms with E-state index in [-0.39, 0.29) is 11.1 Å². The van der Waals surface area contributed by atoms with E-state index in [0.717, 1.165) is 0 Å². The molecule has 4 saturated heterocycles. The van der Waals surface area contributed by atoms with E-state index < -0.39 is 328 Å². The van der Waals surface area contributed by atoms with Gasteiger partial charge >= 0.3 is 137 Å². The maximum atomic E-state index is 15.8. The normalized spacial score (nSPS) is 28.3. The van der Waals surface area contributed by atoms with Gasteiger partial charge in [0.25, 0.3) is 23.6 Å². The first-order valence-corrected chi connectivity index (χ1v) is 47.9. The van der Waals surface area contributed by atoms with Crippen molar-refractivity contribution in [3.05, 3.63) is 71.8 Å². The van der Waals surface area contributed by atoms with Crippen LogP contribution in [0.15, 0.2) is 60.7 Å². The molecule has 77 heteroatoms. The second kappa shape index (κ2) is 41.2. The molecule has 4 aliphatic rings. The van der Waals surface area contributed by atoms with Gasteiger partial charge in [-0.25, -0.2) is 59.8 Å². The summed E-state index contributed by atoms with van der Waals surface area (Å²) in [6, 6.07) is -3.65. The van der Waals surface area contributed by atoms with Gasteiger partial charge in [0, 0.05) is 6.42 Å². The lowest BCUT2D eigenvalue weighted by atomic mass is 9.88. The number of hydrogen-bond donors (Lipinski definition) is 17. The standard InChI is InChI=1S/C46H63N5O60S12/c1-94-45(56)20(12-18-8-4-2-5-9-18)47-41(52)37-25(33(108-120(82,83)84)29(104-116(70,71)72)21(100-37)14-96-112(58,59)60)48-42(53)38-26(34(109-121(85,86)87)30(105-117(73,74)75)22(101-38)15-97-113(61,62)63)49-43(54)39-27(35(110-122(88,89)90)31(106-118(76,77)78)23(102-39)16-98-114(64,65)66)50-44(55)40-28(51-46(57)95-13-19-10-6-3-7-11-19)36(111-123(91,92)93)32(107-119(79,80)81)24(103-40)17-99-115(67,68)69/h2-11,20-40H,12-17H2,1H3,(H,47,52)(H,48,53)(H,49,54)(H,50,55)(H,51,57)(H,58,59,60)(H,61,62,63)(H,64,65,66)(H,67,68,69)(H,70,71,72)(H,73,74,75)(H,76,77,78)(H,79,80,81)(H,82,83,84)(H,85,86,87)(H,88,89,90)(H,91,92,93)/t20?,21-,22-,23-,24-,25-,26-,27-,28-,29-,30-,31-,32-,33-,34-,35-,36-,37-,38-,39-,40-/m1/s1. The first-order chi connectivity index (χ1) is 55.8. The Labute approximate surface area is 692 Å². The Bertz CT molecular complexity index is 5620. The number of ether oxygens (including phenoxy) is 6. The van der Waals surface area contributed by atoms with Crippen LogP contribution in [0.5, 0.6) is 0 Å². The van der Waals surface area contributed by atoms with Crippen molar-refractivity contribution in [3.63, 3.8) is 0 Å². The molecule has 0 bridgehead atoms. The van der Waals surface area contributed by atoms with Crippen molar-refractivity contribution in [2.75, 3.05) is 33.5 Å². The highest BCUT2D eigenvalue weighted by Crippen LogP contribution is 2.37. The first kappa shape index (κ1) is 105. The number of esters is 1. The number of methoxy groups -OCH3 is 1. The molecular weight excluding hydrogens is 1970 g/mol. The van der Waals surface area contributed by atoms with Crippen LogP contribution in [0.3, 0.4) is 0 Å². The Kier molecular flexibility index (Phi) is 35.2. The number of benzene rings is 2.